The summed E-state index contributed by atoms with van der Waals surface area (Å²) in [7, 11) is 3.34. The number of methoxy groups -OCH3 is 1. The van der Waals surface area contributed by atoms with E-state index in [1.807, 2.05) is 12.1 Å². The zero-order valence-electron chi connectivity index (χ0n) is 15.2. The number of aryl methyl sites for hydroxylation is 1. The van der Waals surface area contributed by atoms with Crippen molar-refractivity contribution in [2.45, 2.75) is 26.3 Å². The number of hydrogen-bond acceptors (Lipinski definition) is 3. The molecule has 0 radical (unpaired) electrons. The molecule has 25 heavy (non-hydrogen) atoms. The summed E-state index contributed by atoms with van der Waals surface area (Å²) in [6.45, 7) is 3.57. The highest BCUT2D eigenvalue weighted by Crippen LogP contribution is 2.23. The molecule has 0 amide bonds. The highest BCUT2D eigenvalue weighted by atomic mass is 16.5. The molecule has 0 fully saturated rings. The van der Waals surface area contributed by atoms with Crippen LogP contribution in [0.3, 0.4) is 0 Å². The van der Waals surface area contributed by atoms with Gasteiger partial charge in [-0.25, -0.2) is 0 Å². The largest absolute Gasteiger partial charge is 0.508 e. The van der Waals surface area contributed by atoms with Gasteiger partial charge in [0, 0.05) is 26.2 Å². The van der Waals surface area contributed by atoms with Gasteiger partial charge >= 0.3 is 0 Å². The Morgan fingerprint density at radius 3 is 2.48 bits per heavy atom. The van der Waals surface area contributed by atoms with Gasteiger partial charge in [0.2, 0.25) is 0 Å². The molecule has 134 valence electrons. The zero-order valence-corrected chi connectivity index (χ0v) is 15.2. The SMILES string of the molecule is CCc1ccccc1CNC(=NC)NCCc1ccc(OC)cc1O. The molecule has 0 aliphatic carbocycles. The second kappa shape index (κ2) is 9.57. The number of nitrogens with zero attached hydrogens (tertiary/aromatic N) is 1. The molecule has 0 spiro atoms. The first-order chi connectivity index (χ1) is 12.2. The minimum absolute atomic E-state index is 0.251. The summed E-state index contributed by atoms with van der Waals surface area (Å²) in [6, 6.07) is 13.8. The fourth-order valence-corrected chi connectivity index (χ4v) is 2.67. The van der Waals surface area contributed by atoms with Crippen LogP contribution in [0.2, 0.25) is 0 Å². The third kappa shape index (κ3) is 5.41. The van der Waals surface area contributed by atoms with Gasteiger partial charge in [0.15, 0.2) is 5.96 Å². The van der Waals surface area contributed by atoms with E-state index >= 15 is 0 Å². The molecule has 0 unspecified atom stereocenters. The van der Waals surface area contributed by atoms with Crippen molar-refractivity contribution in [3.63, 3.8) is 0 Å². The molecule has 0 saturated carbocycles. The standard InChI is InChI=1S/C20H27N3O2/c1-4-15-7-5-6-8-17(15)14-23-20(21-2)22-12-11-16-9-10-18(25-3)13-19(16)24/h5-10,13,24H,4,11-12,14H2,1-3H3,(H2,21,22,23). The average Bonchev–Trinajstić information content (AvgIpc) is 2.65. The fraction of sp³-hybridized carbons (Fsp3) is 0.350. The predicted octanol–water partition coefficient (Wildman–Crippen LogP) is 2.87. The van der Waals surface area contributed by atoms with Crippen molar-refractivity contribution < 1.29 is 9.84 Å². The maximum absolute atomic E-state index is 10.0. The van der Waals surface area contributed by atoms with Crippen LogP contribution in [0.5, 0.6) is 11.5 Å². The number of phenolic OH excluding ortho intramolecular Hbond substituents is 1. The third-order valence-electron chi connectivity index (χ3n) is 4.15. The molecule has 2 aromatic rings. The molecule has 0 aliphatic heterocycles. The van der Waals surface area contributed by atoms with Crippen LogP contribution in [0, 0.1) is 0 Å². The van der Waals surface area contributed by atoms with Gasteiger partial charge in [0.25, 0.3) is 0 Å². The Labute approximate surface area is 149 Å². The first-order valence-electron chi connectivity index (χ1n) is 8.55. The van der Waals surface area contributed by atoms with E-state index in [-0.39, 0.29) is 5.75 Å². The maximum Gasteiger partial charge on any atom is 0.191 e. The Bertz CT molecular complexity index is 714. The Morgan fingerprint density at radius 1 is 1.08 bits per heavy atom. The van der Waals surface area contributed by atoms with Gasteiger partial charge in [0.05, 0.1) is 7.11 Å². The molecule has 0 saturated heterocycles. The summed E-state index contributed by atoms with van der Waals surface area (Å²) in [5.41, 5.74) is 3.49. The molecule has 2 aromatic carbocycles. The van der Waals surface area contributed by atoms with Gasteiger partial charge in [0.1, 0.15) is 11.5 Å². The van der Waals surface area contributed by atoms with E-state index in [1.54, 1.807) is 20.2 Å². The molecule has 5 nitrogen and oxygen atoms in total. The van der Waals surface area contributed by atoms with Crippen LogP contribution in [-0.4, -0.2) is 31.8 Å². The van der Waals surface area contributed by atoms with Crippen LogP contribution in [-0.2, 0) is 19.4 Å². The number of aliphatic imine (C=N–C) groups is 1. The molecule has 3 N–H and O–H groups in total. The fourth-order valence-electron chi connectivity index (χ4n) is 2.67. The number of guanidine groups is 1. The topological polar surface area (TPSA) is 65.9 Å². The van der Waals surface area contributed by atoms with E-state index in [9.17, 15) is 5.11 Å². The Morgan fingerprint density at radius 2 is 1.84 bits per heavy atom. The lowest BCUT2D eigenvalue weighted by atomic mass is 10.1. The highest BCUT2D eigenvalue weighted by Gasteiger charge is 2.05. The predicted molar refractivity (Wildman–Crippen MR) is 102 cm³/mol. The lowest BCUT2D eigenvalue weighted by Gasteiger charge is -2.14. The van der Waals surface area contributed by atoms with Crippen LogP contribution in [0.25, 0.3) is 0 Å². The van der Waals surface area contributed by atoms with E-state index < -0.39 is 0 Å². The van der Waals surface area contributed by atoms with Gasteiger partial charge in [-0.05, 0) is 35.6 Å². The number of benzene rings is 2. The van der Waals surface area contributed by atoms with Crippen molar-refractivity contribution in [2.24, 2.45) is 4.99 Å². The molecular weight excluding hydrogens is 314 g/mol. The molecule has 0 aliphatic rings. The number of hydrogen-bond donors (Lipinski definition) is 3. The van der Waals surface area contributed by atoms with Crippen molar-refractivity contribution in [3.8, 4) is 11.5 Å². The lowest BCUT2D eigenvalue weighted by molar-refractivity contribution is 0.406. The van der Waals surface area contributed by atoms with Crippen molar-refractivity contribution in [1.29, 1.82) is 0 Å². The smallest absolute Gasteiger partial charge is 0.191 e. The quantitative estimate of drug-likeness (QED) is 0.535. The second-order valence-corrected chi connectivity index (χ2v) is 5.72. The van der Waals surface area contributed by atoms with Gasteiger partial charge in [-0.1, -0.05) is 37.3 Å². The summed E-state index contributed by atoms with van der Waals surface area (Å²) in [5, 5.41) is 16.6. The summed E-state index contributed by atoms with van der Waals surface area (Å²) in [5.74, 6) is 1.65. The van der Waals surface area contributed by atoms with Crippen molar-refractivity contribution in [3.05, 3.63) is 59.2 Å². The average molecular weight is 341 g/mol. The Kier molecular flexibility index (Phi) is 7.14. The highest BCUT2D eigenvalue weighted by molar-refractivity contribution is 5.79. The number of nitrogens with one attached hydrogen (secondary N) is 2. The Hall–Kier alpha value is -2.69. The summed E-state index contributed by atoms with van der Waals surface area (Å²) < 4.78 is 5.10. The van der Waals surface area contributed by atoms with Gasteiger partial charge in [-0.2, -0.15) is 0 Å². The van der Waals surface area contributed by atoms with Crippen molar-refractivity contribution in [1.82, 2.24) is 10.6 Å². The van der Waals surface area contributed by atoms with E-state index in [0.717, 1.165) is 24.5 Å². The third-order valence-corrected chi connectivity index (χ3v) is 4.15. The maximum atomic E-state index is 10.0. The Balaban J connectivity index is 1.84. The molecule has 0 atom stereocenters. The van der Waals surface area contributed by atoms with Crippen molar-refractivity contribution in [2.75, 3.05) is 20.7 Å². The van der Waals surface area contributed by atoms with E-state index in [0.29, 0.717) is 18.7 Å². The normalized spacial score (nSPS) is 11.2. The molecule has 0 aromatic heterocycles. The summed E-state index contributed by atoms with van der Waals surface area (Å²) >= 11 is 0. The summed E-state index contributed by atoms with van der Waals surface area (Å²) in [6.07, 6.45) is 1.71. The monoisotopic (exact) mass is 341 g/mol. The molecule has 0 heterocycles. The first-order valence-corrected chi connectivity index (χ1v) is 8.55. The number of phenols is 1. The van der Waals surface area contributed by atoms with Crippen LogP contribution in [0.4, 0.5) is 0 Å². The number of rotatable bonds is 7. The van der Waals surface area contributed by atoms with E-state index in [2.05, 4.69) is 46.8 Å². The zero-order chi connectivity index (χ0) is 18.1. The summed E-state index contributed by atoms with van der Waals surface area (Å²) in [4.78, 5) is 4.25. The van der Waals surface area contributed by atoms with Crippen LogP contribution in [0.15, 0.2) is 47.5 Å². The van der Waals surface area contributed by atoms with Crippen molar-refractivity contribution >= 4 is 5.96 Å². The molecule has 5 heteroatoms. The molecule has 0 bridgehead atoms. The minimum Gasteiger partial charge on any atom is -0.508 e. The van der Waals surface area contributed by atoms with Crippen LogP contribution in [0.1, 0.15) is 23.6 Å². The number of aromatic hydroxyl groups is 1. The molecular formula is C20H27N3O2. The minimum atomic E-state index is 0.251. The second-order valence-electron chi connectivity index (χ2n) is 5.72. The van der Waals surface area contributed by atoms with Crippen LogP contribution >= 0.6 is 0 Å². The first kappa shape index (κ1) is 18.6. The van der Waals surface area contributed by atoms with Crippen LogP contribution < -0.4 is 15.4 Å². The lowest BCUT2D eigenvalue weighted by Crippen LogP contribution is -2.38. The van der Waals surface area contributed by atoms with Gasteiger partial charge < -0.3 is 20.5 Å². The number of ether oxygens (including phenoxy) is 1. The van der Waals surface area contributed by atoms with E-state index in [4.69, 9.17) is 4.74 Å². The molecule has 2 rings (SSSR count). The van der Waals surface area contributed by atoms with E-state index in [1.165, 1.54) is 11.1 Å². The van der Waals surface area contributed by atoms with Gasteiger partial charge in [-0.3, -0.25) is 4.99 Å². The van der Waals surface area contributed by atoms with Gasteiger partial charge in [-0.15, -0.1) is 0 Å².